The third kappa shape index (κ3) is 16.7. The van der Waals surface area contributed by atoms with Crippen LogP contribution in [-0.2, 0) is 30.4 Å². The van der Waals surface area contributed by atoms with Gasteiger partial charge in [-0.2, -0.15) is 0 Å². The van der Waals surface area contributed by atoms with Crippen molar-refractivity contribution in [3.8, 4) is 17.2 Å². The van der Waals surface area contributed by atoms with Gasteiger partial charge in [-0.1, -0.05) is 145 Å². The van der Waals surface area contributed by atoms with Gasteiger partial charge >= 0.3 is 0 Å². The molecule has 1 aliphatic rings. The smallest absolute Gasteiger partial charge is 0.127 e. The van der Waals surface area contributed by atoms with Gasteiger partial charge in [0.25, 0.3) is 0 Å². The second-order valence-corrected chi connectivity index (χ2v) is 10.8. The summed E-state index contributed by atoms with van der Waals surface area (Å²) in [6.45, 7) is 16.3. The molecule has 1 heterocycles. The summed E-state index contributed by atoms with van der Waals surface area (Å²) in [7, 11) is 0. The molecule has 3 nitrogen and oxygen atoms in total. The summed E-state index contributed by atoms with van der Waals surface area (Å²) >= 11 is 0. The lowest BCUT2D eigenvalue weighted by atomic mass is 10.1. The van der Waals surface area contributed by atoms with Crippen LogP contribution in [0.15, 0.2) is 133 Å². The predicted octanol–water partition coefficient (Wildman–Crippen LogP) is 11.9. The molecule has 250 valence electrons. The Hall–Kier alpha value is -4.34. The summed E-state index contributed by atoms with van der Waals surface area (Å²) in [5, 5.41) is 0. The highest BCUT2D eigenvalue weighted by Crippen LogP contribution is 2.20. The lowest BCUT2D eigenvalue weighted by molar-refractivity contribution is 0.262. The van der Waals surface area contributed by atoms with Gasteiger partial charge in [-0.3, -0.25) is 0 Å². The van der Waals surface area contributed by atoms with Gasteiger partial charge in [-0.05, 0) is 90.8 Å². The Kier molecular flexibility index (Phi) is 19.8. The van der Waals surface area contributed by atoms with E-state index in [4.69, 9.17) is 14.2 Å². The third-order valence-electron chi connectivity index (χ3n) is 7.32. The summed E-state index contributed by atoms with van der Waals surface area (Å²) in [4.78, 5) is 0. The quantitative estimate of drug-likeness (QED) is 0.152. The van der Waals surface area contributed by atoms with Crippen LogP contribution in [0.4, 0.5) is 0 Å². The Bertz CT molecular complexity index is 1310. The van der Waals surface area contributed by atoms with Crippen LogP contribution in [0.5, 0.6) is 17.2 Å². The van der Waals surface area contributed by atoms with Crippen molar-refractivity contribution in [2.75, 3.05) is 13.2 Å². The van der Waals surface area contributed by atoms with Gasteiger partial charge in [0.2, 0.25) is 0 Å². The third-order valence-corrected chi connectivity index (χ3v) is 7.32. The highest BCUT2D eigenvalue weighted by atomic mass is 16.6. The van der Waals surface area contributed by atoms with Gasteiger partial charge < -0.3 is 14.2 Å². The Morgan fingerprint density at radius 3 is 1.17 bits per heavy atom. The molecule has 0 aliphatic carbocycles. The van der Waals surface area contributed by atoms with Crippen molar-refractivity contribution in [2.24, 2.45) is 0 Å². The van der Waals surface area contributed by atoms with Crippen molar-refractivity contribution in [1.29, 1.82) is 0 Å². The van der Waals surface area contributed by atoms with Gasteiger partial charge in [0.1, 0.15) is 30.0 Å². The Balaban J connectivity index is 0.000000215. The molecule has 1 aliphatic heterocycles. The summed E-state index contributed by atoms with van der Waals surface area (Å²) in [5.41, 5.74) is 6.89. The zero-order valence-electron chi connectivity index (χ0n) is 29.7. The maximum absolute atomic E-state index is 5.58. The molecule has 3 heteroatoms. The van der Waals surface area contributed by atoms with Crippen LogP contribution in [0, 0.1) is 6.92 Å². The monoisotopic (exact) mass is 632 g/mol. The first-order valence-corrected chi connectivity index (χ1v) is 17.3. The van der Waals surface area contributed by atoms with Crippen molar-refractivity contribution in [3.05, 3.63) is 161 Å². The van der Waals surface area contributed by atoms with Gasteiger partial charge in [0.15, 0.2) is 0 Å². The van der Waals surface area contributed by atoms with E-state index in [1.807, 2.05) is 106 Å². The molecule has 47 heavy (non-hydrogen) atoms. The van der Waals surface area contributed by atoms with Crippen molar-refractivity contribution in [2.45, 2.75) is 80.3 Å². The summed E-state index contributed by atoms with van der Waals surface area (Å²) < 4.78 is 16.2. The van der Waals surface area contributed by atoms with E-state index in [1.165, 1.54) is 27.8 Å². The average Bonchev–Trinajstić information content (AvgIpc) is 3.99. The van der Waals surface area contributed by atoms with E-state index < -0.39 is 0 Å². The molecule has 0 bridgehead atoms. The first-order valence-electron chi connectivity index (χ1n) is 17.3. The molecule has 0 saturated carbocycles. The molecule has 1 fully saturated rings. The molecule has 1 atom stereocenters. The van der Waals surface area contributed by atoms with E-state index in [1.54, 1.807) is 0 Å². The Morgan fingerprint density at radius 1 is 0.511 bits per heavy atom. The summed E-state index contributed by atoms with van der Waals surface area (Å²) in [6.07, 6.45) is 4.91. The number of ether oxygens (including phenoxy) is 3. The van der Waals surface area contributed by atoms with Crippen LogP contribution < -0.4 is 9.47 Å². The molecule has 5 aromatic carbocycles. The first-order chi connectivity index (χ1) is 23.0. The van der Waals surface area contributed by atoms with E-state index in [9.17, 15) is 0 Å². The molecule has 0 amide bonds. The predicted molar refractivity (Wildman–Crippen MR) is 201 cm³/mol. The molecule has 0 spiro atoms. The number of benzene rings is 5. The Morgan fingerprint density at radius 2 is 0.851 bits per heavy atom. The SMILES string of the molecule is CC.CCc1ccc(CC)cc1.CCc1ccc(CC)cc1.Cc1ccccc1OCC1CO1.c1ccc(Oc2ccccc2)cc1. The normalized spacial score (nSPS) is 12.2. The number of hydrogen-bond donors (Lipinski definition) is 0. The lowest BCUT2D eigenvalue weighted by Gasteiger charge is -2.06. The molecular formula is C44H56O3. The number of epoxide rings is 1. The molecule has 0 aromatic heterocycles. The summed E-state index contributed by atoms with van der Waals surface area (Å²) in [6, 6.07) is 45.2. The van der Waals surface area contributed by atoms with Crippen LogP contribution in [0.25, 0.3) is 0 Å². The standard InChI is InChI=1S/C12H10O.C10H12O2.2C10H14.C2H6/c1-3-7-11(8-4-1)13-12-9-5-2-6-10-12;1-8-4-2-3-5-10(8)12-7-9-6-11-9;2*1-3-9-5-7-10(4-2)8-6-9;1-2/h1-10H;2-5,9H,6-7H2,1H3;2*5-8H,3-4H2,1-2H3;1-2H3. The molecule has 1 unspecified atom stereocenters. The van der Waals surface area contributed by atoms with Crippen molar-refractivity contribution >= 4 is 0 Å². The minimum absolute atomic E-state index is 0.338. The highest BCUT2D eigenvalue weighted by Gasteiger charge is 2.23. The van der Waals surface area contributed by atoms with Crippen molar-refractivity contribution in [1.82, 2.24) is 0 Å². The Labute approximate surface area is 285 Å². The zero-order chi connectivity index (χ0) is 34.1. The van der Waals surface area contributed by atoms with Gasteiger partial charge in [-0.25, -0.2) is 0 Å². The van der Waals surface area contributed by atoms with Crippen LogP contribution in [-0.4, -0.2) is 19.3 Å². The van der Waals surface area contributed by atoms with E-state index in [0.717, 1.165) is 49.5 Å². The molecule has 6 rings (SSSR count). The minimum atomic E-state index is 0.338. The van der Waals surface area contributed by atoms with Crippen LogP contribution >= 0.6 is 0 Å². The van der Waals surface area contributed by atoms with E-state index in [2.05, 4.69) is 76.2 Å². The fraction of sp³-hybridized carbons (Fsp3) is 0.318. The number of aryl methyl sites for hydroxylation is 5. The number of rotatable bonds is 9. The maximum Gasteiger partial charge on any atom is 0.127 e. The molecule has 1 saturated heterocycles. The molecule has 0 N–H and O–H groups in total. The molecule has 5 aromatic rings. The number of para-hydroxylation sites is 3. The fourth-order valence-corrected chi connectivity index (χ4v) is 4.20. The van der Waals surface area contributed by atoms with Gasteiger partial charge in [0.05, 0.1) is 6.61 Å². The van der Waals surface area contributed by atoms with E-state index in [0.29, 0.717) is 12.7 Å². The summed E-state index contributed by atoms with van der Waals surface area (Å²) in [5.74, 6) is 2.70. The van der Waals surface area contributed by atoms with Crippen LogP contribution in [0.3, 0.4) is 0 Å². The van der Waals surface area contributed by atoms with Crippen molar-refractivity contribution < 1.29 is 14.2 Å². The topological polar surface area (TPSA) is 31.0 Å². The average molecular weight is 633 g/mol. The minimum Gasteiger partial charge on any atom is -0.491 e. The maximum atomic E-state index is 5.58. The van der Waals surface area contributed by atoms with Gasteiger partial charge in [-0.15, -0.1) is 0 Å². The molecule has 0 radical (unpaired) electrons. The second-order valence-electron chi connectivity index (χ2n) is 10.8. The zero-order valence-corrected chi connectivity index (χ0v) is 29.7. The van der Waals surface area contributed by atoms with E-state index >= 15 is 0 Å². The van der Waals surface area contributed by atoms with Crippen LogP contribution in [0.2, 0.25) is 0 Å². The lowest BCUT2D eigenvalue weighted by Crippen LogP contribution is -2.04. The van der Waals surface area contributed by atoms with Gasteiger partial charge in [0, 0.05) is 0 Å². The second kappa shape index (κ2) is 23.9. The number of hydrogen-bond acceptors (Lipinski definition) is 3. The van der Waals surface area contributed by atoms with E-state index in [-0.39, 0.29) is 0 Å². The van der Waals surface area contributed by atoms with Crippen LogP contribution in [0.1, 0.15) is 69.4 Å². The first kappa shape index (κ1) is 38.8. The largest absolute Gasteiger partial charge is 0.491 e. The molecular weight excluding hydrogens is 576 g/mol. The highest BCUT2D eigenvalue weighted by molar-refractivity contribution is 5.32. The van der Waals surface area contributed by atoms with Crippen molar-refractivity contribution in [3.63, 3.8) is 0 Å². The fourth-order valence-electron chi connectivity index (χ4n) is 4.20.